The summed E-state index contributed by atoms with van der Waals surface area (Å²) in [7, 11) is 0. The molecule has 154 valence electrons. The standard InChI is InChI=1S/C20H28N2O6/c1-13(2)11-16(19(24)25)21-17(20(26)27)12-14-3-5-15(6-4-14)18(23)22-7-9-28-10-8-22/h3-6,13,16-17,21H,7-12H2,1-2H3,(H,24,25)(H,26,27)/t16-,17-/m0/s1. The zero-order valence-corrected chi connectivity index (χ0v) is 16.3. The van der Waals surface area contributed by atoms with Gasteiger partial charge in [0, 0.05) is 18.7 Å². The summed E-state index contributed by atoms with van der Waals surface area (Å²) in [6, 6.07) is 4.82. The number of hydrogen-bond donors (Lipinski definition) is 3. The fraction of sp³-hybridized carbons (Fsp3) is 0.550. The van der Waals surface area contributed by atoms with Crippen LogP contribution in [0.15, 0.2) is 24.3 Å². The van der Waals surface area contributed by atoms with E-state index >= 15 is 0 Å². The lowest BCUT2D eigenvalue weighted by molar-refractivity contribution is -0.142. The minimum atomic E-state index is -1.11. The number of amides is 1. The van der Waals surface area contributed by atoms with Crippen LogP contribution >= 0.6 is 0 Å². The Hall–Kier alpha value is -2.45. The second-order valence-corrected chi connectivity index (χ2v) is 7.38. The number of carbonyl (C=O) groups excluding carboxylic acids is 1. The minimum absolute atomic E-state index is 0.0781. The van der Waals surface area contributed by atoms with E-state index < -0.39 is 24.0 Å². The molecule has 8 nitrogen and oxygen atoms in total. The zero-order valence-electron chi connectivity index (χ0n) is 16.3. The van der Waals surface area contributed by atoms with Crippen molar-refractivity contribution in [1.82, 2.24) is 10.2 Å². The van der Waals surface area contributed by atoms with Crippen LogP contribution in [0.5, 0.6) is 0 Å². The molecule has 1 aliphatic rings. The Bertz CT molecular complexity index is 682. The number of hydrogen-bond acceptors (Lipinski definition) is 5. The van der Waals surface area contributed by atoms with Crippen LogP contribution in [0, 0.1) is 5.92 Å². The van der Waals surface area contributed by atoms with Gasteiger partial charge in [-0.1, -0.05) is 26.0 Å². The largest absolute Gasteiger partial charge is 0.480 e. The van der Waals surface area contributed by atoms with Crippen molar-refractivity contribution in [2.75, 3.05) is 26.3 Å². The summed E-state index contributed by atoms with van der Waals surface area (Å²) in [6.07, 6.45) is 0.468. The zero-order chi connectivity index (χ0) is 20.7. The van der Waals surface area contributed by atoms with E-state index in [-0.39, 0.29) is 18.2 Å². The first kappa shape index (κ1) is 21.8. The van der Waals surface area contributed by atoms with Crippen LogP contribution in [-0.4, -0.2) is 71.3 Å². The number of aliphatic carboxylic acids is 2. The molecule has 0 saturated carbocycles. The van der Waals surface area contributed by atoms with E-state index in [1.54, 1.807) is 29.2 Å². The molecule has 1 aromatic carbocycles. The molecule has 2 rings (SSSR count). The van der Waals surface area contributed by atoms with Gasteiger partial charge < -0.3 is 19.8 Å². The molecule has 3 N–H and O–H groups in total. The highest BCUT2D eigenvalue weighted by Crippen LogP contribution is 2.13. The lowest BCUT2D eigenvalue weighted by Gasteiger charge is -2.27. The summed E-state index contributed by atoms with van der Waals surface area (Å²) in [6.45, 7) is 5.93. The first-order valence-electron chi connectivity index (χ1n) is 9.45. The predicted molar refractivity (Wildman–Crippen MR) is 102 cm³/mol. The van der Waals surface area contributed by atoms with Crippen molar-refractivity contribution in [3.05, 3.63) is 35.4 Å². The van der Waals surface area contributed by atoms with Crippen molar-refractivity contribution >= 4 is 17.8 Å². The summed E-state index contributed by atoms with van der Waals surface area (Å²) in [4.78, 5) is 37.2. The van der Waals surface area contributed by atoms with Gasteiger partial charge in [-0.25, -0.2) is 0 Å². The monoisotopic (exact) mass is 392 g/mol. The van der Waals surface area contributed by atoms with Crippen molar-refractivity contribution in [2.45, 2.75) is 38.8 Å². The Labute approximate surface area is 164 Å². The smallest absolute Gasteiger partial charge is 0.321 e. The molecule has 1 saturated heterocycles. The molecule has 0 aliphatic carbocycles. The normalized spacial score (nSPS) is 16.6. The number of ether oxygens (including phenoxy) is 1. The molecule has 1 fully saturated rings. The number of nitrogens with zero attached hydrogens (tertiary/aromatic N) is 1. The lowest BCUT2D eigenvalue weighted by Crippen LogP contribution is -2.48. The van der Waals surface area contributed by atoms with Crippen molar-refractivity contribution in [3.8, 4) is 0 Å². The molecular formula is C20H28N2O6. The van der Waals surface area contributed by atoms with Crippen LogP contribution < -0.4 is 5.32 Å². The van der Waals surface area contributed by atoms with Crippen LogP contribution in [0.25, 0.3) is 0 Å². The third-order valence-corrected chi connectivity index (χ3v) is 4.64. The van der Waals surface area contributed by atoms with E-state index in [4.69, 9.17) is 4.74 Å². The molecule has 1 amide bonds. The van der Waals surface area contributed by atoms with Crippen LogP contribution in [0.4, 0.5) is 0 Å². The number of benzene rings is 1. The van der Waals surface area contributed by atoms with Gasteiger partial charge in [0.1, 0.15) is 12.1 Å². The van der Waals surface area contributed by atoms with Gasteiger partial charge in [0.2, 0.25) is 0 Å². The fourth-order valence-corrected chi connectivity index (χ4v) is 3.14. The predicted octanol–water partition coefficient (Wildman–Crippen LogP) is 1.24. The van der Waals surface area contributed by atoms with Gasteiger partial charge in [-0.15, -0.1) is 0 Å². The van der Waals surface area contributed by atoms with Gasteiger partial charge in [0.25, 0.3) is 5.91 Å². The number of morpholine rings is 1. The van der Waals surface area contributed by atoms with Gasteiger partial charge in [0.05, 0.1) is 13.2 Å². The lowest BCUT2D eigenvalue weighted by atomic mass is 10.00. The van der Waals surface area contributed by atoms with E-state index in [9.17, 15) is 24.6 Å². The van der Waals surface area contributed by atoms with E-state index in [1.165, 1.54) is 0 Å². The molecule has 8 heteroatoms. The summed E-state index contributed by atoms with van der Waals surface area (Å²) in [5.41, 5.74) is 1.25. The Kier molecular flexibility index (Phi) is 7.95. The van der Waals surface area contributed by atoms with Crippen LogP contribution in [0.3, 0.4) is 0 Å². The summed E-state index contributed by atoms with van der Waals surface area (Å²) in [5, 5.41) is 21.6. The number of carboxylic acids is 2. The van der Waals surface area contributed by atoms with Gasteiger partial charge in [-0.2, -0.15) is 0 Å². The number of nitrogens with one attached hydrogen (secondary N) is 1. The van der Waals surface area contributed by atoms with Crippen molar-refractivity contribution in [1.29, 1.82) is 0 Å². The Morgan fingerprint density at radius 3 is 2.11 bits per heavy atom. The molecule has 2 atom stereocenters. The first-order valence-corrected chi connectivity index (χ1v) is 9.45. The maximum atomic E-state index is 12.5. The molecule has 1 aliphatic heterocycles. The molecule has 1 aromatic rings. The topological polar surface area (TPSA) is 116 Å². The molecule has 0 radical (unpaired) electrons. The molecule has 0 bridgehead atoms. The fourth-order valence-electron chi connectivity index (χ4n) is 3.14. The average molecular weight is 392 g/mol. The molecule has 28 heavy (non-hydrogen) atoms. The average Bonchev–Trinajstić information content (AvgIpc) is 2.67. The summed E-state index contributed by atoms with van der Waals surface area (Å²) in [5.74, 6) is -2.13. The number of rotatable bonds is 9. The van der Waals surface area contributed by atoms with Crippen LogP contribution in [0.2, 0.25) is 0 Å². The minimum Gasteiger partial charge on any atom is -0.480 e. The second-order valence-electron chi connectivity index (χ2n) is 7.38. The van der Waals surface area contributed by atoms with Crippen molar-refractivity contribution in [3.63, 3.8) is 0 Å². The molecular weight excluding hydrogens is 364 g/mol. The molecule has 0 spiro atoms. The summed E-state index contributed by atoms with van der Waals surface area (Å²) >= 11 is 0. The maximum Gasteiger partial charge on any atom is 0.321 e. The van der Waals surface area contributed by atoms with Crippen LogP contribution in [0.1, 0.15) is 36.2 Å². The van der Waals surface area contributed by atoms with Crippen molar-refractivity contribution < 1.29 is 29.3 Å². The van der Waals surface area contributed by atoms with Gasteiger partial charge in [-0.05, 0) is 36.5 Å². The third-order valence-electron chi connectivity index (χ3n) is 4.64. The SMILES string of the molecule is CC(C)C[C@H](N[C@@H](Cc1ccc(C(=O)N2CCOCC2)cc1)C(=O)O)C(=O)O. The van der Waals surface area contributed by atoms with Crippen LogP contribution in [-0.2, 0) is 20.7 Å². The summed E-state index contributed by atoms with van der Waals surface area (Å²) < 4.78 is 5.25. The van der Waals surface area contributed by atoms with E-state index in [2.05, 4.69) is 5.32 Å². The molecule has 1 heterocycles. The highest BCUT2D eigenvalue weighted by atomic mass is 16.5. The Morgan fingerprint density at radius 2 is 1.61 bits per heavy atom. The van der Waals surface area contributed by atoms with E-state index in [0.717, 1.165) is 0 Å². The number of carbonyl (C=O) groups is 3. The highest BCUT2D eigenvalue weighted by molar-refractivity contribution is 5.94. The first-order chi connectivity index (χ1) is 13.3. The Morgan fingerprint density at radius 1 is 1.04 bits per heavy atom. The highest BCUT2D eigenvalue weighted by Gasteiger charge is 2.27. The van der Waals surface area contributed by atoms with E-state index in [0.29, 0.717) is 43.9 Å². The second kappa shape index (κ2) is 10.2. The van der Waals surface area contributed by atoms with Gasteiger partial charge >= 0.3 is 11.9 Å². The van der Waals surface area contributed by atoms with E-state index in [1.807, 2.05) is 13.8 Å². The van der Waals surface area contributed by atoms with Gasteiger partial charge in [-0.3, -0.25) is 19.7 Å². The quantitative estimate of drug-likeness (QED) is 0.579. The van der Waals surface area contributed by atoms with Crippen molar-refractivity contribution in [2.24, 2.45) is 5.92 Å². The maximum absolute atomic E-state index is 12.5. The molecule has 0 unspecified atom stereocenters. The Balaban J connectivity index is 2.03. The number of carboxylic acid groups (broad SMARTS) is 2. The molecule has 0 aromatic heterocycles. The third kappa shape index (κ3) is 6.31. The van der Waals surface area contributed by atoms with Gasteiger partial charge in [0.15, 0.2) is 0 Å².